The fourth-order valence-electron chi connectivity index (χ4n) is 2.79. The first-order valence-corrected chi connectivity index (χ1v) is 11.7. The number of hydrogen-bond donors (Lipinski definition) is 0. The van der Waals surface area contributed by atoms with Crippen LogP contribution >= 0.6 is 11.8 Å². The Kier molecular flexibility index (Phi) is 7.16. The lowest BCUT2D eigenvalue weighted by Crippen LogP contribution is -2.39. The van der Waals surface area contributed by atoms with Crippen LogP contribution in [0.15, 0.2) is 63.1 Å². The molecule has 3 rings (SSSR count). The first-order chi connectivity index (χ1) is 15.0. The summed E-state index contributed by atoms with van der Waals surface area (Å²) >= 11 is 0.843. The zero-order valence-corrected chi connectivity index (χ0v) is 18.8. The van der Waals surface area contributed by atoms with Gasteiger partial charge in [-0.15, -0.1) is 0 Å². The van der Waals surface area contributed by atoms with Crippen LogP contribution < -0.4 is 0 Å². The molecule has 0 N–H and O–H groups in total. The standard InChI is InChI=1S/C20H20F3N3O4S2/c1-25(2)32(28,29)15-8-9-17-16(10-15)24-19(30-17)31-12-18(27)26(13-20(21,22)23)11-14-6-4-3-5-7-14/h3-10H,11-13H2,1-2H3. The van der Waals surface area contributed by atoms with Gasteiger partial charge in [0, 0.05) is 20.6 Å². The van der Waals surface area contributed by atoms with Crippen LogP contribution in [-0.2, 0) is 21.4 Å². The molecule has 1 aromatic heterocycles. The molecule has 0 radical (unpaired) electrons. The minimum absolute atomic E-state index is 0.0233. The molecule has 2 aromatic carbocycles. The minimum Gasteiger partial charge on any atom is -0.431 e. The SMILES string of the molecule is CN(C)S(=O)(=O)c1ccc2oc(SCC(=O)N(Cc3ccccc3)CC(F)(F)F)nc2c1. The number of thioether (sulfide) groups is 1. The van der Waals surface area contributed by atoms with E-state index in [9.17, 15) is 26.4 Å². The molecule has 1 amide bonds. The van der Waals surface area contributed by atoms with E-state index in [0.717, 1.165) is 21.0 Å². The first-order valence-electron chi connectivity index (χ1n) is 9.30. The number of oxazole rings is 1. The number of carbonyl (C=O) groups is 1. The summed E-state index contributed by atoms with van der Waals surface area (Å²) in [6, 6.07) is 12.5. The quantitative estimate of drug-likeness (QED) is 0.450. The van der Waals surface area contributed by atoms with Crippen LogP contribution in [0.2, 0.25) is 0 Å². The lowest BCUT2D eigenvalue weighted by atomic mass is 10.2. The second kappa shape index (κ2) is 9.51. The molecule has 12 heteroatoms. The van der Waals surface area contributed by atoms with Gasteiger partial charge in [0.1, 0.15) is 12.1 Å². The van der Waals surface area contributed by atoms with Crippen molar-refractivity contribution in [1.29, 1.82) is 0 Å². The van der Waals surface area contributed by atoms with E-state index in [0.29, 0.717) is 11.1 Å². The molecule has 7 nitrogen and oxygen atoms in total. The van der Waals surface area contributed by atoms with Crippen molar-refractivity contribution >= 4 is 38.8 Å². The molecular formula is C20H20F3N3O4S2. The number of halogens is 3. The average Bonchev–Trinajstić information content (AvgIpc) is 3.13. The Morgan fingerprint density at radius 3 is 2.44 bits per heavy atom. The van der Waals surface area contributed by atoms with Gasteiger partial charge in [0.2, 0.25) is 15.9 Å². The first kappa shape index (κ1) is 24.1. The van der Waals surface area contributed by atoms with Gasteiger partial charge in [0.05, 0.1) is 10.6 Å². The molecule has 0 aliphatic carbocycles. The zero-order chi connectivity index (χ0) is 23.5. The maximum absolute atomic E-state index is 13.0. The molecule has 0 unspecified atom stereocenters. The number of benzene rings is 2. The van der Waals surface area contributed by atoms with Crippen LogP contribution in [0.5, 0.6) is 0 Å². The summed E-state index contributed by atoms with van der Waals surface area (Å²) in [6.45, 7) is -1.56. The summed E-state index contributed by atoms with van der Waals surface area (Å²) in [5.41, 5.74) is 1.14. The lowest BCUT2D eigenvalue weighted by molar-refractivity contribution is -0.160. The summed E-state index contributed by atoms with van der Waals surface area (Å²) in [5, 5.41) is 0.0550. The maximum Gasteiger partial charge on any atom is 0.406 e. The highest BCUT2D eigenvalue weighted by Gasteiger charge is 2.33. The van der Waals surface area contributed by atoms with E-state index in [2.05, 4.69) is 4.98 Å². The molecule has 0 atom stereocenters. The molecule has 32 heavy (non-hydrogen) atoms. The van der Waals surface area contributed by atoms with Crippen molar-refractivity contribution in [1.82, 2.24) is 14.2 Å². The van der Waals surface area contributed by atoms with Gasteiger partial charge in [-0.3, -0.25) is 4.79 Å². The summed E-state index contributed by atoms with van der Waals surface area (Å²) in [6.07, 6.45) is -4.54. The van der Waals surface area contributed by atoms with Gasteiger partial charge in [-0.1, -0.05) is 42.1 Å². The van der Waals surface area contributed by atoms with Gasteiger partial charge in [-0.25, -0.2) is 17.7 Å². The Labute approximate surface area is 187 Å². The van der Waals surface area contributed by atoms with Crippen molar-refractivity contribution < 1.29 is 30.8 Å². The number of rotatable bonds is 8. The Morgan fingerprint density at radius 1 is 1.12 bits per heavy atom. The van der Waals surface area contributed by atoms with Crippen molar-refractivity contribution in [3.05, 3.63) is 54.1 Å². The van der Waals surface area contributed by atoms with Gasteiger partial charge >= 0.3 is 6.18 Å². The van der Waals surface area contributed by atoms with Gasteiger partial charge in [0.25, 0.3) is 5.22 Å². The van der Waals surface area contributed by atoms with Crippen LogP contribution in [0, 0.1) is 0 Å². The molecule has 0 fully saturated rings. The number of hydrogen-bond acceptors (Lipinski definition) is 6. The second-order valence-electron chi connectivity index (χ2n) is 7.04. The van der Waals surface area contributed by atoms with Crippen molar-refractivity contribution in [2.75, 3.05) is 26.4 Å². The van der Waals surface area contributed by atoms with Gasteiger partial charge < -0.3 is 9.32 Å². The van der Waals surface area contributed by atoms with E-state index in [1.807, 2.05) is 0 Å². The van der Waals surface area contributed by atoms with Crippen LogP contribution in [0.3, 0.4) is 0 Å². The molecule has 0 saturated carbocycles. The summed E-state index contributed by atoms with van der Waals surface area (Å²) in [5.74, 6) is -1.05. The van der Waals surface area contributed by atoms with E-state index in [-0.39, 0.29) is 27.9 Å². The third-order valence-corrected chi connectivity index (χ3v) is 7.00. The number of nitrogens with zero attached hydrogens (tertiary/aromatic N) is 3. The molecule has 0 saturated heterocycles. The van der Waals surface area contributed by atoms with E-state index in [1.54, 1.807) is 30.3 Å². The van der Waals surface area contributed by atoms with Gasteiger partial charge in [-0.2, -0.15) is 13.2 Å². The topological polar surface area (TPSA) is 83.7 Å². The van der Waals surface area contributed by atoms with E-state index >= 15 is 0 Å². The molecule has 0 spiro atoms. The molecule has 3 aromatic rings. The minimum atomic E-state index is -4.54. The number of carbonyl (C=O) groups excluding carboxylic acids is 1. The normalized spacial score (nSPS) is 12.4. The molecule has 172 valence electrons. The lowest BCUT2D eigenvalue weighted by Gasteiger charge is -2.23. The highest BCUT2D eigenvalue weighted by Crippen LogP contribution is 2.27. The van der Waals surface area contributed by atoms with Gasteiger partial charge in [-0.05, 0) is 23.8 Å². The summed E-state index contributed by atoms with van der Waals surface area (Å²) < 4.78 is 70.0. The maximum atomic E-state index is 13.0. The third-order valence-electron chi connectivity index (χ3n) is 4.38. The Balaban J connectivity index is 1.73. The van der Waals surface area contributed by atoms with Crippen molar-refractivity contribution in [3.8, 4) is 0 Å². The molecule has 0 bridgehead atoms. The predicted octanol–water partition coefficient (Wildman–Crippen LogP) is 3.76. The molecule has 0 aliphatic rings. The van der Waals surface area contributed by atoms with Crippen LogP contribution in [0.1, 0.15) is 5.56 Å². The summed E-state index contributed by atoms with van der Waals surface area (Å²) in [4.78, 5) is 17.4. The van der Waals surface area contributed by atoms with Gasteiger partial charge in [0.15, 0.2) is 5.58 Å². The van der Waals surface area contributed by atoms with Crippen LogP contribution in [0.25, 0.3) is 11.1 Å². The van der Waals surface area contributed by atoms with E-state index in [4.69, 9.17) is 4.42 Å². The van der Waals surface area contributed by atoms with Crippen molar-refractivity contribution in [2.45, 2.75) is 22.8 Å². The monoisotopic (exact) mass is 487 g/mol. The fraction of sp³-hybridized carbons (Fsp3) is 0.300. The molecule has 0 aliphatic heterocycles. The fourth-order valence-corrected chi connectivity index (χ4v) is 4.45. The summed E-state index contributed by atoms with van der Waals surface area (Å²) in [7, 11) is -0.865. The Hall–Kier alpha value is -2.57. The second-order valence-corrected chi connectivity index (χ2v) is 10.1. The largest absolute Gasteiger partial charge is 0.431 e. The van der Waals surface area contributed by atoms with Crippen LogP contribution in [0.4, 0.5) is 13.2 Å². The van der Waals surface area contributed by atoms with Crippen molar-refractivity contribution in [3.63, 3.8) is 0 Å². The predicted molar refractivity (Wildman–Crippen MR) is 114 cm³/mol. The Bertz CT molecular complexity index is 1200. The van der Waals surface area contributed by atoms with E-state index < -0.39 is 28.7 Å². The van der Waals surface area contributed by atoms with Crippen molar-refractivity contribution in [2.24, 2.45) is 0 Å². The van der Waals surface area contributed by atoms with Crippen LogP contribution in [-0.4, -0.2) is 61.1 Å². The highest BCUT2D eigenvalue weighted by molar-refractivity contribution is 7.99. The molecule has 1 heterocycles. The Morgan fingerprint density at radius 2 is 1.81 bits per heavy atom. The zero-order valence-electron chi connectivity index (χ0n) is 17.2. The third kappa shape index (κ3) is 6.02. The number of fused-ring (bicyclic) bond motifs is 1. The number of alkyl halides is 3. The van der Waals surface area contributed by atoms with E-state index in [1.165, 1.54) is 32.3 Å². The number of amides is 1. The smallest absolute Gasteiger partial charge is 0.406 e. The highest BCUT2D eigenvalue weighted by atomic mass is 32.2. The number of aromatic nitrogens is 1. The molecular weight excluding hydrogens is 467 g/mol. The number of sulfonamides is 1. The average molecular weight is 488 g/mol.